The minimum atomic E-state index is -0.960. The van der Waals surface area contributed by atoms with E-state index in [-0.39, 0.29) is 28.6 Å². The van der Waals surface area contributed by atoms with Gasteiger partial charge >= 0.3 is 11.9 Å². The highest BCUT2D eigenvalue weighted by molar-refractivity contribution is 6.33. The Balaban J connectivity index is 1.76. The summed E-state index contributed by atoms with van der Waals surface area (Å²) in [6, 6.07) is 16.1. The molecule has 0 bridgehead atoms. The number of ether oxygens (including phenoxy) is 2. The number of carbonyl (C=O) groups is 3. The number of nitrogens with two attached hydrogens (primary N) is 1. The maximum absolute atomic E-state index is 13.3. The molecule has 1 fully saturated rings. The van der Waals surface area contributed by atoms with E-state index in [1.54, 1.807) is 48.5 Å². The number of methoxy groups -OCH3 is 2. The van der Waals surface area contributed by atoms with Crippen LogP contribution in [0.5, 0.6) is 0 Å². The van der Waals surface area contributed by atoms with Crippen LogP contribution in [0.1, 0.15) is 31.7 Å². The van der Waals surface area contributed by atoms with Crippen LogP contribution in [0.15, 0.2) is 71.2 Å². The largest absolute Gasteiger partial charge is 0.466 e. The molecule has 2 aliphatic heterocycles. The fraction of sp³-hybridized carbons (Fsp3) is 0.355. The average molecular weight is 592 g/mol. The van der Waals surface area contributed by atoms with Crippen molar-refractivity contribution in [2.24, 2.45) is 11.7 Å². The molecule has 2 aromatic rings. The molecule has 10 nitrogen and oxygen atoms in total. The lowest BCUT2D eigenvalue weighted by atomic mass is 9.81. The summed E-state index contributed by atoms with van der Waals surface area (Å²) < 4.78 is 10.2. The van der Waals surface area contributed by atoms with E-state index in [0.717, 1.165) is 5.69 Å². The number of benzene rings is 2. The quantitative estimate of drug-likeness (QED) is 0.476. The Hall–Kier alpha value is -4.49. The summed E-state index contributed by atoms with van der Waals surface area (Å²) in [6.45, 7) is 6.41. The van der Waals surface area contributed by atoms with Crippen molar-refractivity contribution in [2.45, 2.75) is 26.2 Å². The third-order valence-corrected chi connectivity index (χ3v) is 7.66. The summed E-state index contributed by atoms with van der Waals surface area (Å²) >= 11 is 6.79. The number of anilines is 2. The first-order chi connectivity index (χ1) is 20.1. The van der Waals surface area contributed by atoms with E-state index in [0.29, 0.717) is 54.8 Å². The van der Waals surface area contributed by atoms with E-state index in [1.807, 2.05) is 18.7 Å². The zero-order valence-corrected chi connectivity index (χ0v) is 24.9. The number of nitriles is 1. The van der Waals surface area contributed by atoms with E-state index in [1.165, 1.54) is 19.1 Å². The van der Waals surface area contributed by atoms with Crippen molar-refractivity contribution in [3.05, 3.63) is 81.8 Å². The number of hydrogen-bond donors (Lipinski definition) is 1. The normalized spacial score (nSPS) is 17.4. The van der Waals surface area contributed by atoms with Gasteiger partial charge in [-0.05, 0) is 29.7 Å². The first-order valence-electron chi connectivity index (χ1n) is 13.6. The highest BCUT2D eigenvalue weighted by Gasteiger charge is 2.43. The Morgan fingerprint density at radius 2 is 1.67 bits per heavy atom. The summed E-state index contributed by atoms with van der Waals surface area (Å²) in [5.41, 5.74) is 8.08. The summed E-state index contributed by atoms with van der Waals surface area (Å²) in [6.07, 6.45) is 0.514. The van der Waals surface area contributed by atoms with Gasteiger partial charge in [-0.15, -0.1) is 0 Å². The highest BCUT2D eigenvalue weighted by Crippen LogP contribution is 2.44. The molecular formula is C31H34ClN5O5. The van der Waals surface area contributed by atoms with Crippen LogP contribution >= 0.6 is 11.6 Å². The van der Waals surface area contributed by atoms with Crippen LogP contribution in [0, 0.1) is 17.2 Å². The number of rotatable bonds is 7. The summed E-state index contributed by atoms with van der Waals surface area (Å²) in [5.74, 6) is -2.20. The third kappa shape index (κ3) is 5.92. The molecule has 0 aromatic heterocycles. The second kappa shape index (κ2) is 13.0. The number of esters is 2. The second-order valence-corrected chi connectivity index (χ2v) is 10.8. The second-order valence-electron chi connectivity index (χ2n) is 10.4. The van der Waals surface area contributed by atoms with Crippen molar-refractivity contribution in [2.75, 3.05) is 50.2 Å². The van der Waals surface area contributed by atoms with E-state index in [9.17, 15) is 19.6 Å². The van der Waals surface area contributed by atoms with Gasteiger partial charge in [0.25, 0.3) is 0 Å². The smallest absolute Gasteiger partial charge is 0.355 e. The molecule has 0 spiro atoms. The lowest BCUT2D eigenvalue weighted by Gasteiger charge is -2.38. The number of allylic oxidation sites excluding steroid dienone is 1. The van der Waals surface area contributed by atoms with Crippen molar-refractivity contribution in [1.29, 1.82) is 5.26 Å². The maximum atomic E-state index is 13.3. The molecule has 1 amide bonds. The Kier molecular flexibility index (Phi) is 9.43. The van der Waals surface area contributed by atoms with Gasteiger partial charge in [-0.1, -0.05) is 55.8 Å². The average Bonchev–Trinajstić information content (AvgIpc) is 2.99. The summed E-state index contributed by atoms with van der Waals surface area (Å²) in [4.78, 5) is 44.3. The first kappa shape index (κ1) is 30.5. The molecule has 42 heavy (non-hydrogen) atoms. The van der Waals surface area contributed by atoms with Crippen LogP contribution in [0.4, 0.5) is 11.4 Å². The molecule has 1 atom stereocenters. The van der Waals surface area contributed by atoms with E-state index >= 15 is 0 Å². The standard InChI is InChI=1S/C31H34ClN5O5/c1-19(2)16-25(38)36-14-12-35(13-15-36)24-11-10-21(17-23(24)32)37-28(31(40)42-4)27(30(39)41-3)26(22(18-33)29(37)34)20-8-6-5-7-9-20/h5-11,17,19,26H,12-16,34H2,1-4H3. The number of nitrogens with zero attached hydrogens (tertiary/aromatic N) is 4. The van der Waals surface area contributed by atoms with Gasteiger partial charge in [-0.25, -0.2) is 9.59 Å². The molecule has 2 aliphatic rings. The Bertz CT molecular complexity index is 1470. The minimum Gasteiger partial charge on any atom is -0.466 e. The van der Waals surface area contributed by atoms with Crippen LogP contribution in [-0.4, -0.2) is 63.1 Å². The maximum Gasteiger partial charge on any atom is 0.355 e. The first-order valence-corrected chi connectivity index (χ1v) is 14.0. The molecule has 1 unspecified atom stereocenters. The van der Waals surface area contributed by atoms with E-state index in [4.69, 9.17) is 26.8 Å². The van der Waals surface area contributed by atoms with Gasteiger partial charge in [-0.3, -0.25) is 9.69 Å². The molecule has 11 heteroatoms. The van der Waals surface area contributed by atoms with E-state index in [2.05, 4.69) is 11.0 Å². The van der Waals surface area contributed by atoms with Crippen molar-refractivity contribution < 1.29 is 23.9 Å². The van der Waals surface area contributed by atoms with Crippen molar-refractivity contribution in [3.8, 4) is 6.07 Å². The van der Waals surface area contributed by atoms with Crippen molar-refractivity contribution in [3.63, 3.8) is 0 Å². The van der Waals surface area contributed by atoms with Crippen molar-refractivity contribution >= 4 is 40.8 Å². The monoisotopic (exact) mass is 591 g/mol. The minimum absolute atomic E-state index is 0.0412. The SMILES string of the molecule is COC(=O)C1=C(C(=O)OC)N(c2ccc(N3CCN(C(=O)CC(C)C)CC3)c(Cl)c2)C(N)=C(C#N)C1c1ccccc1. The highest BCUT2D eigenvalue weighted by atomic mass is 35.5. The van der Waals surface area contributed by atoms with Crippen LogP contribution in [0.3, 0.4) is 0 Å². The lowest BCUT2D eigenvalue weighted by Crippen LogP contribution is -2.49. The number of halogens is 1. The Morgan fingerprint density at radius 3 is 2.21 bits per heavy atom. The molecule has 2 N–H and O–H groups in total. The predicted molar refractivity (Wildman–Crippen MR) is 159 cm³/mol. The number of carbonyl (C=O) groups excluding carboxylic acids is 3. The molecule has 0 aliphatic carbocycles. The van der Waals surface area contributed by atoms with Crippen LogP contribution < -0.4 is 15.5 Å². The van der Waals surface area contributed by atoms with Gasteiger partial charge in [0, 0.05) is 38.3 Å². The number of piperazine rings is 1. The van der Waals surface area contributed by atoms with Crippen molar-refractivity contribution in [1.82, 2.24) is 4.90 Å². The zero-order valence-electron chi connectivity index (χ0n) is 24.1. The molecule has 0 radical (unpaired) electrons. The lowest BCUT2D eigenvalue weighted by molar-refractivity contribution is -0.139. The molecule has 4 rings (SSSR count). The molecule has 2 aromatic carbocycles. The Labute approximate surface area is 250 Å². The summed E-state index contributed by atoms with van der Waals surface area (Å²) in [7, 11) is 2.40. The predicted octanol–water partition coefficient (Wildman–Crippen LogP) is 3.93. The fourth-order valence-corrected chi connectivity index (χ4v) is 5.64. The van der Waals surface area contributed by atoms with E-state index < -0.39 is 17.9 Å². The van der Waals surface area contributed by atoms with Crippen LogP contribution in [0.2, 0.25) is 5.02 Å². The van der Waals surface area contributed by atoms with Crippen LogP contribution in [0.25, 0.3) is 0 Å². The molecular weight excluding hydrogens is 558 g/mol. The molecule has 0 saturated carbocycles. The van der Waals surface area contributed by atoms with Gasteiger partial charge in [0.05, 0.1) is 48.1 Å². The molecule has 1 saturated heterocycles. The third-order valence-electron chi connectivity index (χ3n) is 7.36. The number of hydrogen-bond acceptors (Lipinski definition) is 9. The molecule has 220 valence electrons. The number of amides is 1. The van der Waals surface area contributed by atoms with Gasteiger partial charge < -0.3 is 25.0 Å². The topological polar surface area (TPSA) is 129 Å². The molecule has 2 heterocycles. The Morgan fingerprint density at radius 1 is 1.02 bits per heavy atom. The van der Waals surface area contributed by atoms with Gasteiger partial charge in [0.15, 0.2) is 0 Å². The van der Waals surface area contributed by atoms with Gasteiger partial charge in [0.2, 0.25) is 5.91 Å². The summed E-state index contributed by atoms with van der Waals surface area (Å²) in [5, 5.41) is 10.6. The van der Waals surface area contributed by atoms with Gasteiger partial charge in [-0.2, -0.15) is 5.26 Å². The zero-order chi connectivity index (χ0) is 30.6. The fourth-order valence-electron chi connectivity index (χ4n) is 5.35. The van der Waals surface area contributed by atoms with Crippen LogP contribution in [-0.2, 0) is 23.9 Å². The van der Waals surface area contributed by atoms with Gasteiger partial charge in [0.1, 0.15) is 11.5 Å².